The first-order chi connectivity index (χ1) is 9.56. The maximum atomic E-state index is 12.5. The third kappa shape index (κ3) is 4.00. The number of halogens is 2. The zero-order chi connectivity index (χ0) is 14.5. The Morgan fingerprint density at radius 3 is 2.60 bits per heavy atom. The molecule has 0 amide bonds. The van der Waals surface area contributed by atoms with Crippen LogP contribution in [0.5, 0.6) is 0 Å². The zero-order valence-electron chi connectivity index (χ0n) is 11.2. The Morgan fingerprint density at radius 1 is 1.30 bits per heavy atom. The van der Waals surface area contributed by atoms with Crippen molar-refractivity contribution < 1.29 is 18.7 Å². The first-order valence-electron chi connectivity index (χ1n) is 6.90. The first-order valence-corrected chi connectivity index (χ1v) is 6.90. The highest BCUT2D eigenvalue weighted by atomic mass is 19.3. The maximum absolute atomic E-state index is 12.5. The van der Waals surface area contributed by atoms with Crippen molar-refractivity contribution in [2.75, 3.05) is 0 Å². The van der Waals surface area contributed by atoms with E-state index in [1.807, 2.05) is 6.07 Å². The fourth-order valence-corrected chi connectivity index (χ4v) is 2.65. The van der Waals surface area contributed by atoms with E-state index in [1.165, 1.54) is 0 Å². The lowest BCUT2D eigenvalue weighted by atomic mass is 9.86. The topological polar surface area (TPSA) is 49.3 Å². The fourth-order valence-electron chi connectivity index (χ4n) is 2.65. The van der Waals surface area contributed by atoms with E-state index in [4.69, 9.17) is 5.11 Å². The highest BCUT2D eigenvalue weighted by Gasteiger charge is 2.26. The van der Waals surface area contributed by atoms with Crippen LogP contribution in [-0.2, 0) is 6.54 Å². The molecule has 1 aliphatic carbocycles. The minimum absolute atomic E-state index is 0.249. The smallest absolute Gasteiger partial charge is 0.335 e. The summed E-state index contributed by atoms with van der Waals surface area (Å²) in [5, 5.41) is 12.2. The molecule has 5 heteroatoms. The van der Waals surface area contributed by atoms with Gasteiger partial charge < -0.3 is 10.4 Å². The second kappa shape index (κ2) is 6.79. The van der Waals surface area contributed by atoms with E-state index in [1.54, 1.807) is 18.2 Å². The lowest BCUT2D eigenvalue weighted by Gasteiger charge is -2.28. The van der Waals surface area contributed by atoms with Gasteiger partial charge in [0.1, 0.15) is 0 Å². The quantitative estimate of drug-likeness (QED) is 0.871. The van der Waals surface area contributed by atoms with Crippen molar-refractivity contribution in [2.24, 2.45) is 5.92 Å². The molecule has 0 aromatic heterocycles. The number of rotatable bonds is 5. The minimum atomic E-state index is -2.21. The summed E-state index contributed by atoms with van der Waals surface area (Å²) in [6.07, 6.45) is 0.430. The number of carboxylic acid groups (broad SMARTS) is 1. The molecule has 110 valence electrons. The van der Waals surface area contributed by atoms with Crippen LogP contribution in [0.25, 0.3) is 0 Å². The number of aromatic carboxylic acids is 1. The van der Waals surface area contributed by atoms with Crippen LogP contribution >= 0.6 is 0 Å². The predicted molar refractivity (Wildman–Crippen MR) is 72.0 cm³/mol. The van der Waals surface area contributed by atoms with Gasteiger partial charge in [-0.25, -0.2) is 13.6 Å². The molecule has 1 fully saturated rings. The van der Waals surface area contributed by atoms with Crippen molar-refractivity contribution in [1.29, 1.82) is 0 Å². The summed E-state index contributed by atoms with van der Waals surface area (Å²) in [5.74, 6) is -1.40. The first kappa shape index (κ1) is 14.9. The molecule has 2 rings (SSSR count). The Bertz CT molecular complexity index is 457. The average Bonchev–Trinajstić information content (AvgIpc) is 2.46. The van der Waals surface area contributed by atoms with Crippen molar-refractivity contribution in [1.82, 2.24) is 5.32 Å². The second-order valence-corrected chi connectivity index (χ2v) is 5.33. The van der Waals surface area contributed by atoms with Gasteiger partial charge in [-0.1, -0.05) is 12.1 Å². The Balaban J connectivity index is 1.81. The highest BCUT2D eigenvalue weighted by molar-refractivity contribution is 5.87. The molecular weight excluding hydrogens is 264 g/mol. The van der Waals surface area contributed by atoms with Gasteiger partial charge in [-0.3, -0.25) is 0 Å². The van der Waals surface area contributed by atoms with Crippen molar-refractivity contribution in [3.05, 3.63) is 35.4 Å². The summed E-state index contributed by atoms with van der Waals surface area (Å²) in [7, 11) is 0. The van der Waals surface area contributed by atoms with Gasteiger partial charge in [-0.2, -0.15) is 0 Å². The maximum Gasteiger partial charge on any atom is 0.335 e. The van der Waals surface area contributed by atoms with Crippen molar-refractivity contribution in [3.8, 4) is 0 Å². The molecule has 0 heterocycles. The monoisotopic (exact) mass is 283 g/mol. The number of alkyl halides is 2. The molecule has 20 heavy (non-hydrogen) atoms. The molecule has 1 saturated carbocycles. The number of nitrogens with one attached hydrogen (secondary N) is 1. The van der Waals surface area contributed by atoms with Gasteiger partial charge in [0.15, 0.2) is 0 Å². The normalized spacial score (nSPS) is 22.9. The van der Waals surface area contributed by atoms with Gasteiger partial charge >= 0.3 is 5.97 Å². The summed E-state index contributed by atoms with van der Waals surface area (Å²) in [4.78, 5) is 10.9. The van der Waals surface area contributed by atoms with E-state index in [0.717, 1.165) is 18.4 Å². The zero-order valence-corrected chi connectivity index (χ0v) is 11.2. The highest BCUT2D eigenvalue weighted by Crippen LogP contribution is 2.29. The SMILES string of the molecule is O=C(O)c1cccc(CNC2CCC(C(F)F)CC2)c1. The van der Waals surface area contributed by atoms with Crippen LogP contribution in [-0.4, -0.2) is 23.5 Å². The Labute approximate surface area is 117 Å². The summed E-state index contributed by atoms with van der Waals surface area (Å²) < 4.78 is 25.1. The standard InChI is InChI=1S/C15H19F2NO2/c16-14(17)11-4-6-13(7-5-11)18-9-10-2-1-3-12(8-10)15(19)20/h1-3,8,11,13-14,18H,4-7,9H2,(H,19,20). The van der Waals surface area contributed by atoms with Gasteiger partial charge in [0.25, 0.3) is 0 Å². The predicted octanol–water partition coefficient (Wildman–Crippen LogP) is 3.30. The molecule has 0 spiro atoms. The van der Waals surface area contributed by atoms with Crippen molar-refractivity contribution in [2.45, 2.75) is 44.7 Å². The average molecular weight is 283 g/mol. The summed E-state index contributed by atoms with van der Waals surface area (Å²) in [6.45, 7) is 0.575. The fraction of sp³-hybridized carbons (Fsp3) is 0.533. The molecule has 0 aliphatic heterocycles. The lowest BCUT2D eigenvalue weighted by molar-refractivity contribution is 0.0505. The minimum Gasteiger partial charge on any atom is -0.478 e. The van der Waals surface area contributed by atoms with Gasteiger partial charge in [0.2, 0.25) is 6.43 Å². The number of carboxylic acids is 1. The van der Waals surface area contributed by atoms with E-state index in [-0.39, 0.29) is 11.6 Å². The van der Waals surface area contributed by atoms with E-state index < -0.39 is 18.3 Å². The van der Waals surface area contributed by atoms with Gasteiger partial charge in [-0.05, 0) is 43.4 Å². The summed E-state index contributed by atoms with van der Waals surface area (Å²) in [6, 6.07) is 7.02. The Morgan fingerprint density at radius 2 is 2.00 bits per heavy atom. The molecule has 0 radical (unpaired) electrons. The molecular formula is C15H19F2NO2. The summed E-state index contributed by atoms with van der Waals surface area (Å²) in [5.41, 5.74) is 1.17. The number of carbonyl (C=O) groups is 1. The van der Waals surface area contributed by atoms with Crippen molar-refractivity contribution in [3.63, 3.8) is 0 Å². The molecule has 2 N–H and O–H groups in total. The second-order valence-electron chi connectivity index (χ2n) is 5.33. The molecule has 1 aromatic carbocycles. The van der Waals surface area contributed by atoms with Crippen LogP contribution in [0.3, 0.4) is 0 Å². The van der Waals surface area contributed by atoms with Crippen LogP contribution in [0, 0.1) is 5.92 Å². The molecule has 1 aromatic rings. The summed E-state index contributed by atoms with van der Waals surface area (Å²) >= 11 is 0. The van der Waals surface area contributed by atoms with Crippen molar-refractivity contribution >= 4 is 5.97 Å². The van der Waals surface area contributed by atoms with E-state index in [2.05, 4.69) is 5.32 Å². The largest absolute Gasteiger partial charge is 0.478 e. The van der Waals surface area contributed by atoms with Gasteiger partial charge in [-0.15, -0.1) is 0 Å². The third-order valence-electron chi connectivity index (χ3n) is 3.90. The molecule has 1 aliphatic rings. The Hall–Kier alpha value is -1.49. The molecule has 0 atom stereocenters. The van der Waals surface area contributed by atoms with Crippen LogP contribution in [0.15, 0.2) is 24.3 Å². The van der Waals surface area contributed by atoms with Gasteiger partial charge in [0.05, 0.1) is 5.56 Å². The lowest BCUT2D eigenvalue weighted by Crippen LogP contribution is -2.34. The number of benzene rings is 1. The molecule has 0 saturated heterocycles. The third-order valence-corrected chi connectivity index (χ3v) is 3.90. The van der Waals surface area contributed by atoms with Crippen LogP contribution in [0.1, 0.15) is 41.6 Å². The van der Waals surface area contributed by atoms with E-state index in [0.29, 0.717) is 19.4 Å². The van der Waals surface area contributed by atoms with Gasteiger partial charge in [0, 0.05) is 18.5 Å². The molecule has 0 unspecified atom stereocenters. The molecule has 0 bridgehead atoms. The van der Waals surface area contributed by atoms with Crippen LogP contribution in [0.4, 0.5) is 8.78 Å². The Kier molecular flexibility index (Phi) is 5.06. The van der Waals surface area contributed by atoms with Crippen LogP contribution in [0.2, 0.25) is 0 Å². The van der Waals surface area contributed by atoms with Crippen LogP contribution < -0.4 is 5.32 Å². The number of hydrogen-bond acceptors (Lipinski definition) is 2. The van der Waals surface area contributed by atoms with E-state index >= 15 is 0 Å². The molecule has 3 nitrogen and oxygen atoms in total. The van der Waals surface area contributed by atoms with E-state index in [9.17, 15) is 13.6 Å². The number of hydrogen-bond donors (Lipinski definition) is 2.